The van der Waals surface area contributed by atoms with Gasteiger partial charge in [-0.2, -0.15) is 5.10 Å². The van der Waals surface area contributed by atoms with Crippen LogP contribution in [0.25, 0.3) is 0 Å². The molecule has 0 N–H and O–H groups in total. The summed E-state index contributed by atoms with van der Waals surface area (Å²) in [6.07, 6.45) is 10.1. The molecule has 1 aromatic heterocycles. The van der Waals surface area contributed by atoms with Crippen LogP contribution in [-0.4, -0.2) is 53.1 Å². The lowest BCUT2D eigenvalue weighted by Gasteiger charge is -2.29. The summed E-state index contributed by atoms with van der Waals surface area (Å²) in [5.41, 5.74) is 1.69. The molecule has 3 aliphatic heterocycles. The normalized spacial score (nSPS) is 24.4. The van der Waals surface area contributed by atoms with Crippen LogP contribution in [0.5, 0.6) is 0 Å². The van der Waals surface area contributed by atoms with Crippen molar-refractivity contribution in [2.75, 3.05) is 26.8 Å². The van der Waals surface area contributed by atoms with Gasteiger partial charge in [0.25, 0.3) is 0 Å². The molecule has 1 aromatic carbocycles. The van der Waals surface area contributed by atoms with Crippen molar-refractivity contribution in [3.8, 4) is 0 Å². The molecule has 1 amide bonds. The Morgan fingerprint density at radius 3 is 2.53 bits per heavy atom. The molecule has 2 saturated heterocycles. The van der Waals surface area contributed by atoms with E-state index in [0.29, 0.717) is 25.5 Å². The van der Waals surface area contributed by atoms with Crippen molar-refractivity contribution in [1.82, 2.24) is 14.7 Å². The van der Waals surface area contributed by atoms with Crippen LogP contribution >= 0.6 is 24.0 Å². The summed E-state index contributed by atoms with van der Waals surface area (Å²) in [5, 5.41) is 4.09. The maximum Gasteiger partial charge on any atom is 0.230 e. The van der Waals surface area contributed by atoms with Crippen LogP contribution in [0.15, 0.2) is 53.4 Å². The number of ether oxygens (including phenoxy) is 1. The van der Waals surface area contributed by atoms with E-state index < -0.39 is 11.6 Å². The molecule has 2 aromatic rings. The average molecular weight is 582 g/mol. The van der Waals surface area contributed by atoms with Gasteiger partial charge in [-0.3, -0.25) is 14.5 Å². The number of amides is 1. The second kappa shape index (κ2) is 10.6. The fourth-order valence-electron chi connectivity index (χ4n) is 4.83. The van der Waals surface area contributed by atoms with Gasteiger partial charge in [0, 0.05) is 68.4 Å². The Labute approximate surface area is 215 Å². The monoisotopic (exact) mass is 582 g/mol. The molecule has 3 fully saturated rings. The first-order valence-corrected chi connectivity index (χ1v) is 11.6. The summed E-state index contributed by atoms with van der Waals surface area (Å²) in [6.45, 7) is 1.83. The van der Waals surface area contributed by atoms with Crippen molar-refractivity contribution >= 4 is 35.6 Å². The number of aromatic nitrogens is 2. The molecule has 9 heteroatoms. The molecule has 34 heavy (non-hydrogen) atoms. The van der Waals surface area contributed by atoms with Crippen LogP contribution in [0.1, 0.15) is 37.3 Å². The molecule has 4 heterocycles. The number of rotatable bonds is 3. The second-order valence-corrected chi connectivity index (χ2v) is 9.17. The van der Waals surface area contributed by atoms with E-state index in [9.17, 15) is 13.6 Å². The summed E-state index contributed by atoms with van der Waals surface area (Å²) in [5.74, 6) is -1.51. The average Bonchev–Trinajstić information content (AvgIpc) is 3.44. The van der Waals surface area contributed by atoms with Gasteiger partial charge >= 0.3 is 0 Å². The van der Waals surface area contributed by atoms with Gasteiger partial charge in [-0.25, -0.2) is 8.78 Å². The third kappa shape index (κ3) is 5.25. The Hall–Kier alpha value is -2.14. The molecule has 1 aliphatic carbocycles. The lowest BCUT2D eigenvalue weighted by Crippen LogP contribution is -2.30. The number of carbonyl (C=O) groups is 1. The fraction of sp³-hybridized carbons (Fsp3) is 0.480. The van der Waals surface area contributed by atoms with Gasteiger partial charge in [0.2, 0.25) is 5.91 Å². The first-order chi connectivity index (χ1) is 16.0. The van der Waals surface area contributed by atoms with Crippen molar-refractivity contribution in [3.63, 3.8) is 0 Å². The lowest BCUT2D eigenvalue weighted by molar-refractivity contribution is -0.128. The zero-order valence-electron chi connectivity index (χ0n) is 19.1. The van der Waals surface area contributed by atoms with E-state index >= 15 is 0 Å². The summed E-state index contributed by atoms with van der Waals surface area (Å²) in [7, 11) is 1.75. The Balaban J connectivity index is 0.000000256. The van der Waals surface area contributed by atoms with E-state index in [1.807, 2.05) is 29.2 Å². The molecule has 4 aliphatic rings. The van der Waals surface area contributed by atoms with E-state index in [2.05, 4.69) is 5.10 Å². The predicted octanol–water partition coefficient (Wildman–Crippen LogP) is 4.62. The summed E-state index contributed by atoms with van der Waals surface area (Å²) < 4.78 is 35.1. The minimum atomic E-state index is -0.632. The summed E-state index contributed by atoms with van der Waals surface area (Å²) >= 11 is 0. The first-order valence-electron chi connectivity index (χ1n) is 11.6. The van der Waals surface area contributed by atoms with Crippen molar-refractivity contribution < 1.29 is 18.3 Å². The van der Waals surface area contributed by atoms with Gasteiger partial charge in [-0.15, -0.1) is 24.0 Å². The highest BCUT2D eigenvalue weighted by molar-refractivity contribution is 14.0. The maximum atomic E-state index is 14.4. The number of hydrogen-bond acceptors (Lipinski definition) is 4. The van der Waals surface area contributed by atoms with E-state index in [4.69, 9.17) is 9.73 Å². The van der Waals surface area contributed by atoms with Gasteiger partial charge in [-0.1, -0.05) is 0 Å². The van der Waals surface area contributed by atoms with Crippen LogP contribution in [0, 0.1) is 29.4 Å². The van der Waals surface area contributed by atoms with Gasteiger partial charge in [0.1, 0.15) is 11.6 Å². The van der Waals surface area contributed by atoms with Crippen LogP contribution in [0.2, 0.25) is 0 Å². The number of hydrogen-bond donors (Lipinski definition) is 0. The number of fused-ring (bicyclic) bond motifs is 1. The SMILES string of the molecule is CN1CC2C(c3ccc(F)cc3F)=NC(C3CCOCC3)=CC2C1=O.I.c1cnn(C2CC2)c1. The van der Waals surface area contributed by atoms with Gasteiger partial charge in [-0.05, 0) is 50.0 Å². The topological polar surface area (TPSA) is 59.7 Å². The predicted molar refractivity (Wildman–Crippen MR) is 135 cm³/mol. The highest BCUT2D eigenvalue weighted by atomic mass is 127. The number of allylic oxidation sites excluding steroid dienone is 1. The zero-order chi connectivity index (χ0) is 22.9. The molecule has 182 valence electrons. The number of carbonyl (C=O) groups excluding carboxylic acids is 1. The third-order valence-electron chi connectivity index (χ3n) is 6.81. The zero-order valence-corrected chi connectivity index (χ0v) is 21.4. The summed E-state index contributed by atoms with van der Waals surface area (Å²) in [6, 6.07) is 6.25. The van der Waals surface area contributed by atoms with Crippen LogP contribution in [0.4, 0.5) is 8.78 Å². The Morgan fingerprint density at radius 2 is 1.88 bits per heavy atom. The van der Waals surface area contributed by atoms with Crippen molar-refractivity contribution in [2.45, 2.75) is 31.7 Å². The minimum absolute atomic E-state index is 0. The molecule has 1 saturated carbocycles. The number of aliphatic imine (C=N–C) groups is 1. The fourth-order valence-corrected chi connectivity index (χ4v) is 4.83. The van der Waals surface area contributed by atoms with Crippen molar-refractivity contribution in [1.29, 1.82) is 0 Å². The van der Waals surface area contributed by atoms with Gasteiger partial charge in [0.15, 0.2) is 0 Å². The minimum Gasteiger partial charge on any atom is -0.381 e. The Kier molecular flexibility index (Phi) is 7.81. The second-order valence-electron chi connectivity index (χ2n) is 9.17. The number of nitrogens with zero attached hydrogens (tertiary/aromatic N) is 4. The molecule has 0 radical (unpaired) electrons. The largest absolute Gasteiger partial charge is 0.381 e. The molecule has 6 rings (SSSR count). The molecular weight excluding hydrogens is 553 g/mol. The van der Waals surface area contributed by atoms with E-state index in [1.54, 1.807) is 11.9 Å². The van der Waals surface area contributed by atoms with Crippen LogP contribution < -0.4 is 0 Å². The van der Waals surface area contributed by atoms with Gasteiger partial charge < -0.3 is 9.64 Å². The standard InChI is InChI=1S/C19H20F2N2O2.C6H8N2.HI/c1-23-10-15-14(19(23)24)9-17(11-4-6-25-7-5-11)22-18(15)13-3-2-12(20)8-16(13)21;1-4-7-8(5-1)6-2-3-6;/h2-3,8-9,11,14-15H,4-7,10H2,1H3;1,4-6H,2-3H2;1H. The molecule has 0 bridgehead atoms. The first kappa shape index (κ1) is 25.0. The Morgan fingerprint density at radius 1 is 1.12 bits per heavy atom. The van der Waals surface area contributed by atoms with E-state index in [0.717, 1.165) is 30.6 Å². The summed E-state index contributed by atoms with van der Waals surface area (Å²) in [4.78, 5) is 19.0. The molecule has 2 unspecified atom stereocenters. The molecular formula is C25H29F2IN4O2. The third-order valence-corrected chi connectivity index (χ3v) is 6.81. The van der Waals surface area contributed by atoms with Gasteiger partial charge in [0.05, 0.1) is 17.7 Å². The van der Waals surface area contributed by atoms with E-state index in [1.165, 1.54) is 25.0 Å². The van der Waals surface area contributed by atoms with Crippen molar-refractivity contribution in [2.24, 2.45) is 22.7 Å². The number of likely N-dealkylation sites (tertiary alicyclic amines) is 1. The molecule has 6 nitrogen and oxygen atoms in total. The van der Waals surface area contributed by atoms with Crippen molar-refractivity contribution in [3.05, 3.63) is 65.6 Å². The highest BCUT2D eigenvalue weighted by Gasteiger charge is 2.44. The van der Waals surface area contributed by atoms with Crippen LogP contribution in [-0.2, 0) is 9.53 Å². The molecule has 2 atom stereocenters. The number of halogens is 3. The number of benzene rings is 1. The smallest absolute Gasteiger partial charge is 0.230 e. The van der Waals surface area contributed by atoms with Crippen LogP contribution in [0.3, 0.4) is 0 Å². The highest BCUT2D eigenvalue weighted by Crippen LogP contribution is 2.38. The molecule has 0 spiro atoms. The quantitative estimate of drug-likeness (QED) is 0.497. The van der Waals surface area contributed by atoms with E-state index in [-0.39, 0.29) is 53.2 Å². The Bertz CT molecular complexity index is 1080. The maximum absolute atomic E-state index is 14.4. The lowest BCUT2D eigenvalue weighted by atomic mass is 9.81.